The molecule has 1 amide bonds. The van der Waals surface area contributed by atoms with Crippen molar-refractivity contribution in [3.8, 4) is 0 Å². The molecular weight excluding hydrogens is 256 g/mol. The molecule has 1 fully saturated rings. The van der Waals surface area contributed by atoms with E-state index < -0.39 is 10.0 Å². The molecule has 0 saturated carbocycles. The van der Waals surface area contributed by atoms with E-state index in [0.29, 0.717) is 6.61 Å². The van der Waals surface area contributed by atoms with Crippen LogP contribution in [0.5, 0.6) is 0 Å². The Kier molecular flexibility index (Phi) is 4.74. The van der Waals surface area contributed by atoms with Crippen molar-refractivity contribution in [1.82, 2.24) is 9.62 Å². The van der Waals surface area contributed by atoms with Crippen molar-refractivity contribution < 1.29 is 17.9 Å². The van der Waals surface area contributed by atoms with Gasteiger partial charge in [-0.2, -0.15) is 4.31 Å². The molecule has 7 heteroatoms. The SMILES string of the molecule is CNC(=O)CN(C)S(=O)(=O)CC1OCCC1(C)C. The zero-order chi connectivity index (χ0) is 14.0. The lowest BCUT2D eigenvalue weighted by molar-refractivity contribution is -0.120. The number of nitrogens with zero attached hydrogens (tertiary/aromatic N) is 1. The lowest BCUT2D eigenvalue weighted by Crippen LogP contribution is -2.42. The van der Waals surface area contributed by atoms with E-state index in [2.05, 4.69) is 5.32 Å². The topological polar surface area (TPSA) is 75.7 Å². The summed E-state index contributed by atoms with van der Waals surface area (Å²) in [5.74, 6) is -0.402. The summed E-state index contributed by atoms with van der Waals surface area (Å²) in [6, 6.07) is 0. The molecule has 1 atom stereocenters. The van der Waals surface area contributed by atoms with Gasteiger partial charge < -0.3 is 10.1 Å². The Labute approximate surface area is 109 Å². The lowest BCUT2D eigenvalue weighted by atomic mass is 9.87. The van der Waals surface area contributed by atoms with Crippen molar-refractivity contribution in [3.05, 3.63) is 0 Å². The summed E-state index contributed by atoms with van der Waals surface area (Å²) in [6.07, 6.45) is 0.543. The van der Waals surface area contributed by atoms with Gasteiger partial charge in [-0.05, 0) is 11.8 Å². The second kappa shape index (κ2) is 5.54. The fourth-order valence-corrected chi connectivity index (χ4v) is 3.32. The van der Waals surface area contributed by atoms with Crippen LogP contribution in [-0.4, -0.2) is 57.7 Å². The first kappa shape index (κ1) is 15.4. The number of carbonyl (C=O) groups is 1. The average Bonchev–Trinajstić information content (AvgIpc) is 2.57. The van der Waals surface area contributed by atoms with Crippen LogP contribution >= 0.6 is 0 Å². The third-order valence-electron chi connectivity index (χ3n) is 3.42. The molecule has 0 spiro atoms. The van der Waals surface area contributed by atoms with Crippen LogP contribution in [0.25, 0.3) is 0 Å². The number of likely N-dealkylation sites (N-methyl/N-ethyl adjacent to an activating group) is 2. The Bertz CT molecular complexity index is 405. The predicted octanol–water partition coefficient (Wildman–Crippen LogP) is -0.191. The number of amides is 1. The number of ether oxygens (including phenoxy) is 1. The number of nitrogens with one attached hydrogen (secondary N) is 1. The fraction of sp³-hybridized carbons (Fsp3) is 0.909. The second-order valence-electron chi connectivity index (χ2n) is 5.31. The molecule has 0 aromatic carbocycles. The Morgan fingerprint density at radius 3 is 2.56 bits per heavy atom. The third-order valence-corrected chi connectivity index (χ3v) is 5.22. The number of rotatable bonds is 5. The highest BCUT2D eigenvalue weighted by atomic mass is 32.2. The molecule has 18 heavy (non-hydrogen) atoms. The number of hydrogen-bond acceptors (Lipinski definition) is 4. The van der Waals surface area contributed by atoms with Gasteiger partial charge in [0.2, 0.25) is 15.9 Å². The molecule has 1 unspecified atom stereocenters. The zero-order valence-corrected chi connectivity index (χ0v) is 12.2. The van der Waals surface area contributed by atoms with Gasteiger partial charge in [0.25, 0.3) is 0 Å². The van der Waals surface area contributed by atoms with Crippen LogP contribution in [0.15, 0.2) is 0 Å². The van der Waals surface area contributed by atoms with E-state index >= 15 is 0 Å². The highest BCUT2D eigenvalue weighted by Crippen LogP contribution is 2.34. The first-order valence-electron chi connectivity index (χ1n) is 5.95. The number of hydrogen-bond donors (Lipinski definition) is 1. The van der Waals surface area contributed by atoms with Crippen LogP contribution in [0.4, 0.5) is 0 Å². The minimum absolute atomic E-state index is 0.0759. The van der Waals surface area contributed by atoms with Crippen LogP contribution in [0.2, 0.25) is 0 Å². The summed E-state index contributed by atoms with van der Waals surface area (Å²) < 4.78 is 30.7. The summed E-state index contributed by atoms with van der Waals surface area (Å²) >= 11 is 0. The van der Waals surface area contributed by atoms with Crippen molar-refractivity contribution in [1.29, 1.82) is 0 Å². The maximum atomic E-state index is 12.1. The molecular formula is C11H22N2O4S. The van der Waals surface area contributed by atoms with Gasteiger partial charge in [-0.3, -0.25) is 4.79 Å². The van der Waals surface area contributed by atoms with Crippen LogP contribution in [0, 0.1) is 5.41 Å². The van der Waals surface area contributed by atoms with E-state index in [9.17, 15) is 13.2 Å². The van der Waals surface area contributed by atoms with Crippen molar-refractivity contribution in [2.24, 2.45) is 5.41 Å². The zero-order valence-electron chi connectivity index (χ0n) is 11.4. The predicted molar refractivity (Wildman–Crippen MR) is 68.6 cm³/mol. The summed E-state index contributed by atoms with van der Waals surface area (Å²) in [5, 5.41) is 2.40. The molecule has 1 heterocycles. The van der Waals surface area contributed by atoms with E-state index in [1.807, 2.05) is 13.8 Å². The van der Waals surface area contributed by atoms with Crippen molar-refractivity contribution in [3.63, 3.8) is 0 Å². The lowest BCUT2D eigenvalue weighted by Gasteiger charge is -2.27. The van der Waals surface area contributed by atoms with E-state index in [1.165, 1.54) is 14.1 Å². The standard InChI is InChI=1S/C11H22N2O4S/c1-11(2)5-6-17-9(11)8-18(15,16)13(4)7-10(14)12-3/h9H,5-8H2,1-4H3,(H,12,14). The van der Waals surface area contributed by atoms with Gasteiger partial charge in [0.15, 0.2) is 0 Å². The Morgan fingerprint density at radius 1 is 1.50 bits per heavy atom. The molecule has 0 aliphatic carbocycles. The molecule has 0 radical (unpaired) electrons. The van der Waals surface area contributed by atoms with Crippen molar-refractivity contribution in [2.45, 2.75) is 26.4 Å². The molecule has 1 aliphatic rings. The minimum Gasteiger partial charge on any atom is -0.377 e. The molecule has 6 nitrogen and oxygen atoms in total. The summed E-state index contributed by atoms with van der Waals surface area (Å²) in [7, 11) is -0.585. The van der Waals surface area contributed by atoms with E-state index in [-0.39, 0.29) is 29.7 Å². The molecule has 1 aliphatic heterocycles. The molecule has 1 N–H and O–H groups in total. The maximum absolute atomic E-state index is 12.1. The number of sulfonamides is 1. The largest absolute Gasteiger partial charge is 0.377 e. The second-order valence-corrected chi connectivity index (χ2v) is 7.43. The summed E-state index contributed by atoms with van der Waals surface area (Å²) in [4.78, 5) is 11.2. The molecule has 0 aromatic heterocycles. The van der Waals surface area contributed by atoms with Gasteiger partial charge in [-0.15, -0.1) is 0 Å². The summed E-state index contributed by atoms with van der Waals surface area (Å²) in [6.45, 7) is 4.43. The maximum Gasteiger partial charge on any atom is 0.235 e. The monoisotopic (exact) mass is 278 g/mol. The number of carbonyl (C=O) groups excluding carboxylic acids is 1. The highest BCUT2D eigenvalue weighted by molar-refractivity contribution is 7.89. The first-order valence-corrected chi connectivity index (χ1v) is 7.56. The van der Waals surface area contributed by atoms with Gasteiger partial charge in [-0.1, -0.05) is 13.8 Å². The van der Waals surface area contributed by atoms with Crippen molar-refractivity contribution >= 4 is 15.9 Å². The Hall–Kier alpha value is -0.660. The smallest absolute Gasteiger partial charge is 0.235 e. The molecule has 1 saturated heterocycles. The minimum atomic E-state index is -3.47. The Balaban J connectivity index is 2.67. The van der Waals surface area contributed by atoms with Gasteiger partial charge >= 0.3 is 0 Å². The fourth-order valence-electron chi connectivity index (χ4n) is 1.82. The molecule has 1 rings (SSSR count). The normalized spacial score (nSPS) is 23.3. The van der Waals surface area contributed by atoms with Crippen LogP contribution in [0.3, 0.4) is 0 Å². The Morgan fingerprint density at radius 2 is 2.11 bits per heavy atom. The van der Waals surface area contributed by atoms with E-state index in [0.717, 1.165) is 10.7 Å². The van der Waals surface area contributed by atoms with Crippen LogP contribution in [-0.2, 0) is 19.6 Å². The highest BCUT2D eigenvalue weighted by Gasteiger charge is 2.39. The molecule has 0 bridgehead atoms. The molecule has 0 aromatic rings. The average molecular weight is 278 g/mol. The third kappa shape index (κ3) is 3.66. The van der Waals surface area contributed by atoms with Crippen LogP contribution in [0.1, 0.15) is 20.3 Å². The quantitative estimate of drug-likeness (QED) is 0.756. The van der Waals surface area contributed by atoms with E-state index in [4.69, 9.17) is 4.74 Å². The van der Waals surface area contributed by atoms with Gasteiger partial charge in [0.1, 0.15) is 0 Å². The van der Waals surface area contributed by atoms with E-state index in [1.54, 1.807) is 0 Å². The van der Waals surface area contributed by atoms with Gasteiger partial charge in [-0.25, -0.2) is 8.42 Å². The summed E-state index contributed by atoms with van der Waals surface area (Å²) in [5.41, 5.74) is -0.138. The van der Waals surface area contributed by atoms with Crippen molar-refractivity contribution in [2.75, 3.05) is 33.0 Å². The van der Waals surface area contributed by atoms with Gasteiger partial charge in [0.05, 0.1) is 18.4 Å². The van der Waals surface area contributed by atoms with Crippen LogP contribution < -0.4 is 5.32 Å². The molecule has 106 valence electrons. The first-order chi connectivity index (χ1) is 8.19. The van der Waals surface area contributed by atoms with Gasteiger partial charge in [0, 0.05) is 20.7 Å².